The van der Waals surface area contributed by atoms with Crippen LogP contribution in [0.5, 0.6) is 5.75 Å². The molecule has 0 spiro atoms. The van der Waals surface area contributed by atoms with Gasteiger partial charge in [-0.25, -0.2) is 9.97 Å². The van der Waals surface area contributed by atoms with Gasteiger partial charge in [0.15, 0.2) is 10.9 Å². The van der Waals surface area contributed by atoms with Crippen molar-refractivity contribution in [2.45, 2.75) is 20.4 Å². The first-order valence-electron chi connectivity index (χ1n) is 10.9. The lowest BCUT2D eigenvalue weighted by Crippen LogP contribution is -2.26. The lowest BCUT2D eigenvalue weighted by atomic mass is 10.1. The maximum atomic E-state index is 13.8. The summed E-state index contributed by atoms with van der Waals surface area (Å²) in [7, 11) is 1.85. The van der Waals surface area contributed by atoms with E-state index in [4.69, 9.17) is 23.2 Å². The number of hydrogen-bond acceptors (Lipinski definition) is 6. The Morgan fingerprint density at radius 2 is 1.86 bits per heavy atom. The number of halogens is 2. The predicted molar refractivity (Wildman–Crippen MR) is 139 cm³/mol. The second kappa shape index (κ2) is 8.92. The van der Waals surface area contributed by atoms with Crippen LogP contribution in [0.4, 0.5) is 5.69 Å². The molecule has 3 aromatic heterocycles. The smallest absolute Gasteiger partial charge is 0.274 e. The molecule has 1 amide bonds. The predicted octanol–water partition coefficient (Wildman–Crippen LogP) is 4.61. The highest BCUT2D eigenvalue weighted by molar-refractivity contribution is 6.36. The molecule has 0 saturated carbocycles. The van der Waals surface area contributed by atoms with Crippen molar-refractivity contribution in [1.29, 1.82) is 0 Å². The Balaban J connectivity index is 1.62. The van der Waals surface area contributed by atoms with Crippen LogP contribution in [0.2, 0.25) is 10.2 Å². The van der Waals surface area contributed by atoms with E-state index >= 15 is 0 Å². The Bertz CT molecular complexity index is 1740. The van der Waals surface area contributed by atoms with Crippen molar-refractivity contribution in [3.05, 3.63) is 85.8 Å². The number of pyridine rings is 1. The molecule has 182 valence electrons. The lowest BCUT2D eigenvalue weighted by molar-refractivity contribution is 0.102. The van der Waals surface area contributed by atoms with Gasteiger partial charge in [0.1, 0.15) is 11.5 Å². The molecule has 0 radical (unpaired) electrons. The van der Waals surface area contributed by atoms with E-state index in [-0.39, 0.29) is 39.0 Å². The monoisotopic (exact) mass is 522 g/mol. The normalized spacial score (nSPS) is 11.4. The average Bonchev–Trinajstić information content (AvgIpc) is 3.17. The van der Waals surface area contributed by atoms with Gasteiger partial charge in [0, 0.05) is 12.4 Å². The number of anilines is 1. The summed E-state index contributed by atoms with van der Waals surface area (Å²) in [5.41, 5.74) is 2.78. The Morgan fingerprint density at radius 3 is 2.61 bits per heavy atom. The number of para-hydroxylation sites is 1. The number of aromatic nitrogens is 5. The molecule has 36 heavy (non-hydrogen) atoms. The topological polar surface area (TPSA) is 115 Å². The van der Waals surface area contributed by atoms with Crippen LogP contribution in [0, 0.1) is 13.8 Å². The van der Waals surface area contributed by atoms with Gasteiger partial charge in [0.05, 0.1) is 39.4 Å². The third-order valence-corrected chi connectivity index (χ3v) is 6.58. The van der Waals surface area contributed by atoms with Gasteiger partial charge in [-0.05, 0) is 37.6 Å². The molecular formula is C25H20Cl2N6O3. The van der Waals surface area contributed by atoms with E-state index in [1.807, 2.05) is 38.2 Å². The molecule has 5 rings (SSSR count). The number of aryl methyl sites for hydroxylation is 3. The number of carbonyl (C=O) groups is 1. The average molecular weight is 523 g/mol. The summed E-state index contributed by atoms with van der Waals surface area (Å²) in [4.78, 5) is 35.3. The van der Waals surface area contributed by atoms with E-state index < -0.39 is 11.7 Å². The van der Waals surface area contributed by atoms with Crippen LogP contribution in [0.3, 0.4) is 0 Å². The van der Waals surface area contributed by atoms with Gasteiger partial charge in [-0.2, -0.15) is 5.10 Å². The number of rotatable bonds is 4. The standard InChI is InChI=1S/C25H20Cl2N6O3/c1-12-8-9-16(30-24(35)17-10-15(26)22(34)23(27)29-17)20-21(12)28-13(2)33(25(20)36)11-18-14-6-4-5-7-19(14)32(3)31-18/h4-10,34H,11H2,1-3H3,(H,30,35). The Hall–Kier alpha value is -3.95. The van der Waals surface area contributed by atoms with E-state index in [9.17, 15) is 14.7 Å². The van der Waals surface area contributed by atoms with Crippen LogP contribution in [-0.2, 0) is 13.6 Å². The summed E-state index contributed by atoms with van der Waals surface area (Å²) in [6.07, 6.45) is 0. The number of nitrogens with zero attached hydrogens (tertiary/aromatic N) is 5. The van der Waals surface area contributed by atoms with Gasteiger partial charge in [-0.15, -0.1) is 0 Å². The summed E-state index contributed by atoms with van der Waals surface area (Å²) in [5, 5.41) is 17.8. The molecule has 0 aliphatic heterocycles. The van der Waals surface area contributed by atoms with Crippen molar-refractivity contribution in [2.24, 2.45) is 7.05 Å². The van der Waals surface area contributed by atoms with Crippen LogP contribution in [0.25, 0.3) is 21.8 Å². The van der Waals surface area contributed by atoms with Gasteiger partial charge in [-0.3, -0.25) is 18.8 Å². The molecule has 0 atom stereocenters. The Kier molecular flexibility index (Phi) is 5.89. The molecule has 0 saturated heterocycles. The second-order valence-corrected chi connectivity index (χ2v) is 9.14. The minimum atomic E-state index is -0.647. The van der Waals surface area contributed by atoms with Gasteiger partial charge >= 0.3 is 0 Å². The number of aromatic hydroxyl groups is 1. The third kappa shape index (κ3) is 3.96. The number of carbonyl (C=O) groups excluding carboxylic acids is 1. The molecule has 9 nitrogen and oxygen atoms in total. The second-order valence-electron chi connectivity index (χ2n) is 8.37. The van der Waals surface area contributed by atoms with Crippen molar-refractivity contribution in [3.8, 4) is 5.75 Å². The molecule has 0 unspecified atom stereocenters. The van der Waals surface area contributed by atoms with Gasteiger partial charge in [0.2, 0.25) is 0 Å². The van der Waals surface area contributed by atoms with E-state index in [2.05, 4.69) is 20.4 Å². The fraction of sp³-hybridized carbons (Fsp3) is 0.160. The van der Waals surface area contributed by atoms with Gasteiger partial charge < -0.3 is 10.4 Å². The summed E-state index contributed by atoms with van der Waals surface area (Å²) in [6.45, 7) is 3.82. The summed E-state index contributed by atoms with van der Waals surface area (Å²) >= 11 is 11.8. The van der Waals surface area contributed by atoms with E-state index in [0.717, 1.165) is 22.2 Å². The SMILES string of the molecule is Cc1ccc(NC(=O)c2cc(Cl)c(O)c(Cl)n2)c2c(=O)n(Cc3nn(C)c4ccccc34)c(C)nc12. The first-order valence-corrected chi connectivity index (χ1v) is 11.7. The van der Waals surface area contributed by atoms with Gasteiger partial charge in [-0.1, -0.05) is 47.5 Å². The summed E-state index contributed by atoms with van der Waals surface area (Å²) in [5.74, 6) is -0.543. The molecule has 5 aromatic rings. The number of fused-ring (bicyclic) bond motifs is 2. The van der Waals surface area contributed by atoms with Crippen LogP contribution >= 0.6 is 23.2 Å². The van der Waals surface area contributed by atoms with Crippen LogP contribution < -0.4 is 10.9 Å². The molecule has 3 heterocycles. The number of amides is 1. The highest BCUT2D eigenvalue weighted by atomic mass is 35.5. The summed E-state index contributed by atoms with van der Waals surface area (Å²) in [6, 6.07) is 12.4. The van der Waals surface area contributed by atoms with Crippen LogP contribution in [-0.4, -0.2) is 35.3 Å². The van der Waals surface area contributed by atoms with Crippen molar-refractivity contribution < 1.29 is 9.90 Å². The molecule has 0 bridgehead atoms. The van der Waals surface area contributed by atoms with Crippen molar-refractivity contribution in [2.75, 3.05) is 5.32 Å². The fourth-order valence-electron chi connectivity index (χ4n) is 4.19. The van der Waals surface area contributed by atoms with E-state index in [0.29, 0.717) is 11.3 Å². The van der Waals surface area contributed by atoms with Crippen LogP contribution in [0.15, 0.2) is 47.3 Å². The molecule has 0 fully saturated rings. The molecule has 2 aromatic carbocycles. The van der Waals surface area contributed by atoms with Crippen LogP contribution in [0.1, 0.15) is 27.6 Å². The minimum absolute atomic E-state index is 0.114. The Morgan fingerprint density at radius 1 is 1.11 bits per heavy atom. The zero-order valence-electron chi connectivity index (χ0n) is 19.5. The zero-order valence-corrected chi connectivity index (χ0v) is 21.0. The maximum absolute atomic E-state index is 13.8. The molecular weight excluding hydrogens is 503 g/mol. The van der Waals surface area contributed by atoms with Crippen molar-refractivity contribution in [1.82, 2.24) is 24.3 Å². The molecule has 0 aliphatic rings. The number of benzene rings is 2. The first kappa shape index (κ1) is 23.8. The number of nitrogens with one attached hydrogen (secondary N) is 1. The Labute approximate surface area is 214 Å². The van der Waals surface area contributed by atoms with Crippen molar-refractivity contribution >= 4 is 56.6 Å². The highest BCUT2D eigenvalue weighted by Gasteiger charge is 2.20. The molecule has 2 N–H and O–H groups in total. The van der Waals surface area contributed by atoms with Gasteiger partial charge in [0.25, 0.3) is 11.5 Å². The lowest BCUT2D eigenvalue weighted by Gasteiger charge is -2.14. The highest BCUT2D eigenvalue weighted by Crippen LogP contribution is 2.31. The molecule has 11 heteroatoms. The maximum Gasteiger partial charge on any atom is 0.274 e. The molecule has 0 aliphatic carbocycles. The summed E-state index contributed by atoms with van der Waals surface area (Å²) < 4.78 is 3.31. The van der Waals surface area contributed by atoms with E-state index in [1.165, 1.54) is 6.07 Å². The third-order valence-electron chi connectivity index (χ3n) is 6.03. The fourth-order valence-corrected chi connectivity index (χ4v) is 4.62. The quantitative estimate of drug-likeness (QED) is 0.333. The minimum Gasteiger partial charge on any atom is -0.504 e. The zero-order chi connectivity index (χ0) is 25.7. The number of hydrogen-bond donors (Lipinski definition) is 2. The van der Waals surface area contributed by atoms with Crippen molar-refractivity contribution in [3.63, 3.8) is 0 Å². The van der Waals surface area contributed by atoms with E-state index in [1.54, 1.807) is 28.3 Å². The largest absolute Gasteiger partial charge is 0.504 e. The first-order chi connectivity index (χ1) is 17.2.